The largest absolute Gasteiger partial charge is 0.494 e. The monoisotopic (exact) mass is 340 g/mol. The first-order valence-corrected chi connectivity index (χ1v) is 8.80. The molecule has 0 spiro atoms. The van der Waals surface area contributed by atoms with Crippen LogP contribution >= 0.6 is 0 Å². The van der Waals surface area contributed by atoms with E-state index in [1.54, 1.807) is 0 Å². The predicted octanol–water partition coefficient (Wildman–Crippen LogP) is 3.44. The molecular weight excluding hydrogens is 312 g/mol. The minimum absolute atomic E-state index is 0.0640. The Hall–Kier alpha value is -2.33. The molecule has 0 saturated carbocycles. The first kappa shape index (κ1) is 19.0. The molecular formula is C21H28N2O2. The predicted molar refractivity (Wildman–Crippen MR) is 102 cm³/mol. The van der Waals surface area contributed by atoms with E-state index in [1.165, 1.54) is 5.56 Å². The standard InChI is InChI=1S/C21H28N2O2/c1-4-25-20-13-9-8-12-18(20)14-15-21(24)22-16-19(23(2)3)17-10-6-5-7-11-17/h5-13,19H,4,14-16H2,1-3H3,(H,22,24). The number of nitrogens with zero attached hydrogens (tertiary/aromatic N) is 1. The van der Waals surface area contributed by atoms with Gasteiger partial charge >= 0.3 is 0 Å². The number of amides is 1. The molecule has 0 radical (unpaired) electrons. The number of rotatable bonds is 9. The van der Waals surface area contributed by atoms with Crippen molar-refractivity contribution in [2.75, 3.05) is 27.2 Å². The van der Waals surface area contributed by atoms with Gasteiger partial charge in [0.2, 0.25) is 5.91 Å². The van der Waals surface area contributed by atoms with Crippen molar-refractivity contribution in [3.05, 3.63) is 65.7 Å². The summed E-state index contributed by atoms with van der Waals surface area (Å²) in [7, 11) is 4.06. The van der Waals surface area contributed by atoms with Gasteiger partial charge in [-0.15, -0.1) is 0 Å². The van der Waals surface area contributed by atoms with Crippen LogP contribution in [0.4, 0.5) is 0 Å². The van der Waals surface area contributed by atoms with Crippen LogP contribution in [0.15, 0.2) is 54.6 Å². The van der Waals surface area contributed by atoms with Gasteiger partial charge in [0.25, 0.3) is 0 Å². The highest BCUT2D eigenvalue weighted by atomic mass is 16.5. The van der Waals surface area contributed by atoms with Crippen molar-refractivity contribution in [1.82, 2.24) is 10.2 Å². The molecule has 2 rings (SSSR count). The Bertz CT molecular complexity index is 656. The average Bonchev–Trinajstić information content (AvgIpc) is 2.62. The summed E-state index contributed by atoms with van der Waals surface area (Å²) in [5.74, 6) is 0.933. The summed E-state index contributed by atoms with van der Waals surface area (Å²) < 4.78 is 5.62. The van der Waals surface area contributed by atoms with E-state index in [1.807, 2.05) is 63.5 Å². The SMILES string of the molecule is CCOc1ccccc1CCC(=O)NCC(c1ccccc1)N(C)C. The Morgan fingerprint density at radius 1 is 1.08 bits per heavy atom. The van der Waals surface area contributed by atoms with Crippen LogP contribution < -0.4 is 10.1 Å². The van der Waals surface area contributed by atoms with Crippen molar-refractivity contribution in [3.63, 3.8) is 0 Å². The van der Waals surface area contributed by atoms with Gasteiger partial charge in [0.15, 0.2) is 0 Å². The lowest BCUT2D eigenvalue weighted by molar-refractivity contribution is -0.121. The Kier molecular flexibility index (Phi) is 7.48. The maximum atomic E-state index is 12.3. The first-order valence-electron chi connectivity index (χ1n) is 8.80. The van der Waals surface area contributed by atoms with Gasteiger partial charge in [0, 0.05) is 13.0 Å². The number of hydrogen-bond donors (Lipinski definition) is 1. The topological polar surface area (TPSA) is 41.6 Å². The van der Waals surface area contributed by atoms with E-state index in [9.17, 15) is 4.79 Å². The number of carbonyl (C=O) groups is 1. The second kappa shape index (κ2) is 9.84. The molecule has 0 aliphatic rings. The molecule has 2 aromatic carbocycles. The van der Waals surface area contributed by atoms with E-state index in [4.69, 9.17) is 4.74 Å². The van der Waals surface area contributed by atoms with Crippen LogP contribution in [-0.2, 0) is 11.2 Å². The second-order valence-electron chi connectivity index (χ2n) is 6.23. The lowest BCUT2D eigenvalue weighted by atomic mass is 10.1. The van der Waals surface area contributed by atoms with Crippen LogP contribution in [0.3, 0.4) is 0 Å². The molecule has 0 aromatic heterocycles. The molecule has 4 heteroatoms. The van der Waals surface area contributed by atoms with Gasteiger partial charge in [0.05, 0.1) is 12.6 Å². The van der Waals surface area contributed by atoms with Crippen molar-refractivity contribution in [3.8, 4) is 5.75 Å². The van der Waals surface area contributed by atoms with Gasteiger partial charge in [-0.3, -0.25) is 4.79 Å². The zero-order valence-electron chi connectivity index (χ0n) is 15.4. The summed E-state index contributed by atoms with van der Waals surface area (Å²) in [6.45, 7) is 3.20. The van der Waals surface area contributed by atoms with Gasteiger partial charge in [-0.1, -0.05) is 48.5 Å². The maximum absolute atomic E-state index is 12.3. The summed E-state index contributed by atoms with van der Waals surface area (Å²) in [6, 6.07) is 18.3. The summed E-state index contributed by atoms with van der Waals surface area (Å²) in [5, 5.41) is 3.06. The van der Waals surface area contributed by atoms with Crippen LogP contribution in [0.1, 0.15) is 30.5 Å². The molecule has 0 aliphatic carbocycles. The molecule has 4 nitrogen and oxygen atoms in total. The fourth-order valence-electron chi connectivity index (χ4n) is 2.83. The maximum Gasteiger partial charge on any atom is 0.220 e. The van der Waals surface area contributed by atoms with Gasteiger partial charge in [-0.2, -0.15) is 0 Å². The molecule has 0 heterocycles. The molecule has 0 fully saturated rings. The van der Waals surface area contributed by atoms with Crippen LogP contribution in [0.5, 0.6) is 5.75 Å². The average molecular weight is 340 g/mol. The van der Waals surface area contributed by atoms with Crippen molar-refractivity contribution < 1.29 is 9.53 Å². The smallest absolute Gasteiger partial charge is 0.220 e. The van der Waals surface area contributed by atoms with E-state index >= 15 is 0 Å². The van der Waals surface area contributed by atoms with Crippen molar-refractivity contribution in [2.45, 2.75) is 25.8 Å². The van der Waals surface area contributed by atoms with Gasteiger partial charge in [0.1, 0.15) is 5.75 Å². The molecule has 134 valence electrons. The van der Waals surface area contributed by atoms with Gasteiger partial charge < -0.3 is 15.0 Å². The van der Waals surface area contributed by atoms with Crippen LogP contribution in [0, 0.1) is 0 Å². The third kappa shape index (κ3) is 5.91. The lowest BCUT2D eigenvalue weighted by Crippen LogP contribution is -2.34. The number of likely N-dealkylation sites (N-methyl/N-ethyl adjacent to an activating group) is 1. The third-order valence-corrected chi connectivity index (χ3v) is 4.19. The lowest BCUT2D eigenvalue weighted by Gasteiger charge is -2.25. The van der Waals surface area contributed by atoms with E-state index in [0.29, 0.717) is 26.0 Å². The molecule has 1 unspecified atom stereocenters. The molecule has 1 amide bonds. The third-order valence-electron chi connectivity index (χ3n) is 4.19. The number of benzene rings is 2. The molecule has 25 heavy (non-hydrogen) atoms. The van der Waals surface area contributed by atoms with E-state index in [-0.39, 0.29) is 11.9 Å². The van der Waals surface area contributed by atoms with Gasteiger partial charge in [-0.05, 0) is 44.6 Å². The fraction of sp³-hybridized carbons (Fsp3) is 0.381. The minimum Gasteiger partial charge on any atom is -0.494 e. The van der Waals surface area contributed by atoms with Crippen molar-refractivity contribution in [2.24, 2.45) is 0 Å². The van der Waals surface area contributed by atoms with E-state index < -0.39 is 0 Å². The molecule has 0 bridgehead atoms. The highest BCUT2D eigenvalue weighted by Crippen LogP contribution is 2.20. The number of hydrogen-bond acceptors (Lipinski definition) is 3. The number of para-hydroxylation sites is 1. The van der Waals surface area contributed by atoms with Crippen molar-refractivity contribution >= 4 is 5.91 Å². The normalized spacial score (nSPS) is 12.0. The Labute approximate surface area is 150 Å². The number of carbonyl (C=O) groups excluding carboxylic acids is 1. The number of ether oxygens (including phenoxy) is 1. The molecule has 2 aromatic rings. The van der Waals surface area contributed by atoms with Crippen LogP contribution in [-0.4, -0.2) is 38.1 Å². The molecule has 1 atom stereocenters. The zero-order chi connectivity index (χ0) is 18.1. The molecule has 0 saturated heterocycles. The fourth-order valence-corrected chi connectivity index (χ4v) is 2.83. The zero-order valence-corrected chi connectivity index (χ0v) is 15.4. The molecule has 0 aliphatic heterocycles. The summed E-state index contributed by atoms with van der Waals surface area (Å²) in [5.41, 5.74) is 2.28. The van der Waals surface area contributed by atoms with E-state index in [0.717, 1.165) is 11.3 Å². The highest BCUT2D eigenvalue weighted by molar-refractivity contribution is 5.76. The number of nitrogens with one attached hydrogen (secondary N) is 1. The summed E-state index contributed by atoms with van der Waals surface area (Å²) in [4.78, 5) is 14.4. The van der Waals surface area contributed by atoms with E-state index in [2.05, 4.69) is 22.3 Å². The van der Waals surface area contributed by atoms with Crippen LogP contribution in [0.25, 0.3) is 0 Å². The Morgan fingerprint density at radius 2 is 1.76 bits per heavy atom. The van der Waals surface area contributed by atoms with Crippen molar-refractivity contribution in [1.29, 1.82) is 0 Å². The quantitative estimate of drug-likeness (QED) is 0.760. The van der Waals surface area contributed by atoms with Crippen LogP contribution in [0.2, 0.25) is 0 Å². The summed E-state index contributed by atoms with van der Waals surface area (Å²) >= 11 is 0. The summed E-state index contributed by atoms with van der Waals surface area (Å²) in [6.07, 6.45) is 1.14. The highest BCUT2D eigenvalue weighted by Gasteiger charge is 2.15. The molecule has 1 N–H and O–H groups in total. The minimum atomic E-state index is 0.0640. The van der Waals surface area contributed by atoms with Gasteiger partial charge in [-0.25, -0.2) is 0 Å². The second-order valence-corrected chi connectivity index (χ2v) is 6.23. The number of aryl methyl sites for hydroxylation is 1. The first-order chi connectivity index (χ1) is 12.1. The Balaban J connectivity index is 1.88. The Morgan fingerprint density at radius 3 is 2.44 bits per heavy atom.